The number of hydrogen-bond acceptors (Lipinski definition) is 3. The van der Waals surface area contributed by atoms with Crippen molar-refractivity contribution in [1.82, 2.24) is 0 Å². The lowest BCUT2D eigenvalue weighted by atomic mass is 10.1. The van der Waals surface area contributed by atoms with Crippen molar-refractivity contribution in [3.05, 3.63) is 52.5 Å². The number of ether oxygens (including phenoxy) is 1. The second-order valence-electron chi connectivity index (χ2n) is 5.73. The topological polar surface area (TPSA) is 58.6 Å². The molecule has 1 N–H and O–H groups in total. The van der Waals surface area contributed by atoms with Gasteiger partial charge >= 0.3 is 0 Å². The molecular formula is C18H17ClN2O3. The lowest BCUT2D eigenvalue weighted by Gasteiger charge is -2.26. The lowest BCUT2D eigenvalue weighted by Crippen LogP contribution is -2.35. The maximum atomic E-state index is 12.3. The first-order valence-corrected chi connectivity index (χ1v) is 7.90. The highest BCUT2D eigenvalue weighted by atomic mass is 35.5. The zero-order valence-corrected chi connectivity index (χ0v) is 14.2. The largest absolute Gasteiger partial charge is 0.482 e. The minimum absolute atomic E-state index is 0.0408. The second kappa shape index (κ2) is 6.53. The highest BCUT2D eigenvalue weighted by molar-refractivity contribution is 6.30. The number of aryl methyl sites for hydroxylation is 1. The predicted molar refractivity (Wildman–Crippen MR) is 93.9 cm³/mol. The first-order chi connectivity index (χ1) is 11.4. The van der Waals surface area contributed by atoms with Crippen LogP contribution < -0.4 is 15.0 Å². The van der Waals surface area contributed by atoms with Crippen molar-refractivity contribution < 1.29 is 14.3 Å². The molecule has 2 aromatic carbocycles. The van der Waals surface area contributed by atoms with Gasteiger partial charge in [-0.1, -0.05) is 17.7 Å². The summed E-state index contributed by atoms with van der Waals surface area (Å²) in [5, 5.41) is 3.51. The molecule has 0 spiro atoms. The lowest BCUT2D eigenvalue weighted by molar-refractivity contribution is -0.121. The third-order valence-corrected chi connectivity index (χ3v) is 4.17. The van der Waals surface area contributed by atoms with Gasteiger partial charge in [0.15, 0.2) is 6.61 Å². The summed E-state index contributed by atoms with van der Waals surface area (Å²) in [5.74, 6) is 0.404. The van der Waals surface area contributed by atoms with Gasteiger partial charge in [0.25, 0.3) is 5.91 Å². The number of carbonyl (C=O) groups excluding carboxylic acids is 2. The predicted octanol–water partition coefficient (Wildman–Crippen LogP) is 3.18. The summed E-state index contributed by atoms with van der Waals surface area (Å²) in [6.45, 7) is 1.93. The molecule has 1 heterocycles. The van der Waals surface area contributed by atoms with Crippen molar-refractivity contribution in [1.29, 1.82) is 0 Å². The van der Waals surface area contributed by atoms with E-state index in [4.69, 9.17) is 16.3 Å². The van der Waals surface area contributed by atoms with Gasteiger partial charge in [0, 0.05) is 17.8 Å². The number of rotatable bonds is 3. The molecule has 0 saturated carbocycles. The van der Waals surface area contributed by atoms with E-state index in [-0.39, 0.29) is 24.8 Å². The molecule has 0 aromatic heterocycles. The van der Waals surface area contributed by atoms with Gasteiger partial charge < -0.3 is 15.0 Å². The maximum Gasteiger partial charge on any atom is 0.264 e. The molecule has 0 unspecified atom stereocenters. The zero-order chi connectivity index (χ0) is 17.3. The molecule has 3 rings (SSSR count). The number of likely N-dealkylation sites (N-methyl/N-ethyl adjacent to an activating group) is 1. The Labute approximate surface area is 145 Å². The van der Waals surface area contributed by atoms with Crippen LogP contribution in [0.15, 0.2) is 36.4 Å². The molecule has 2 amide bonds. The first-order valence-electron chi connectivity index (χ1n) is 7.52. The highest BCUT2D eigenvalue weighted by Gasteiger charge is 2.22. The minimum atomic E-state index is -0.133. The fourth-order valence-electron chi connectivity index (χ4n) is 2.57. The number of nitrogens with one attached hydrogen (secondary N) is 1. The van der Waals surface area contributed by atoms with Crippen LogP contribution in [0.25, 0.3) is 0 Å². The van der Waals surface area contributed by atoms with Crippen LogP contribution in [0, 0.1) is 6.92 Å². The van der Waals surface area contributed by atoms with Crippen LogP contribution in [0.2, 0.25) is 5.02 Å². The molecule has 6 heteroatoms. The number of benzene rings is 2. The summed E-state index contributed by atoms with van der Waals surface area (Å²) in [7, 11) is 1.70. The Morgan fingerprint density at radius 2 is 2.08 bits per heavy atom. The van der Waals surface area contributed by atoms with Gasteiger partial charge in [0.2, 0.25) is 5.91 Å². The fourth-order valence-corrected chi connectivity index (χ4v) is 2.80. The van der Waals surface area contributed by atoms with E-state index in [1.54, 1.807) is 42.3 Å². The van der Waals surface area contributed by atoms with Gasteiger partial charge in [-0.25, -0.2) is 0 Å². The van der Waals surface area contributed by atoms with E-state index in [0.717, 1.165) is 16.8 Å². The van der Waals surface area contributed by atoms with Crippen LogP contribution in [-0.2, 0) is 16.0 Å². The SMILES string of the molecule is Cc1cc(Cl)ccc1NC(=O)Cc1ccc2c(c1)N(C)C(=O)CO2. The quantitative estimate of drug-likeness (QED) is 0.930. The summed E-state index contributed by atoms with van der Waals surface area (Å²) in [4.78, 5) is 25.5. The summed E-state index contributed by atoms with van der Waals surface area (Å²) >= 11 is 5.92. The maximum absolute atomic E-state index is 12.3. The number of nitrogens with zero attached hydrogens (tertiary/aromatic N) is 1. The summed E-state index contributed by atoms with van der Waals surface area (Å²) in [6, 6.07) is 10.7. The number of hydrogen-bond donors (Lipinski definition) is 1. The van der Waals surface area contributed by atoms with Crippen LogP contribution in [-0.4, -0.2) is 25.5 Å². The van der Waals surface area contributed by atoms with Gasteiger partial charge in [-0.2, -0.15) is 0 Å². The van der Waals surface area contributed by atoms with E-state index >= 15 is 0 Å². The second-order valence-corrected chi connectivity index (χ2v) is 6.16. The number of carbonyl (C=O) groups is 2. The number of anilines is 2. The molecule has 0 saturated heterocycles. The third kappa shape index (κ3) is 3.36. The minimum Gasteiger partial charge on any atom is -0.482 e. The van der Waals surface area contributed by atoms with Crippen molar-refractivity contribution >= 4 is 34.8 Å². The van der Waals surface area contributed by atoms with Gasteiger partial charge in [0.1, 0.15) is 5.75 Å². The summed E-state index contributed by atoms with van der Waals surface area (Å²) in [5.41, 5.74) is 3.13. The molecule has 124 valence electrons. The molecule has 0 bridgehead atoms. The monoisotopic (exact) mass is 344 g/mol. The third-order valence-electron chi connectivity index (χ3n) is 3.94. The Kier molecular flexibility index (Phi) is 4.44. The molecule has 0 aliphatic carbocycles. The number of fused-ring (bicyclic) bond motifs is 1. The van der Waals surface area contributed by atoms with Crippen molar-refractivity contribution in [2.45, 2.75) is 13.3 Å². The zero-order valence-electron chi connectivity index (χ0n) is 13.4. The van der Waals surface area contributed by atoms with Gasteiger partial charge in [-0.05, 0) is 48.4 Å². The highest BCUT2D eigenvalue weighted by Crippen LogP contribution is 2.32. The van der Waals surface area contributed by atoms with E-state index in [1.807, 2.05) is 13.0 Å². The van der Waals surface area contributed by atoms with Crippen LogP contribution in [0.4, 0.5) is 11.4 Å². The molecular weight excluding hydrogens is 328 g/mol. The average molecular weight is 345 g/mol. The summed E-state index contributed by atoms with van der Waals surface area (Å²) in [6.07, 6.45) is 0.206. The van der Waals surface area contributed by atoms with Crippen LogP contribution in [0.1, 0.15) is 11.1 Å². The van der Waals surface area contributed by atoms with Gasteiger partial charge in [-0.3, -0.25) is 9.59 Å². The summed E-state index contributed by atoms with van der Waals surface area (Å²) < 4.78 is 5.38. The first kappa shape index (κ1) is 16.3. The molecule has 2 aromatic rings. The molecule has 24 heavy (non-hydrogen) atoms. The standard InChI is InChI=1S/C18H17ClN2O3/c1-11-7-13(19)4-5-14(11)20-17(22)9-12-3-6-16-15(8-12)21(2)18(23)10-24-16/h3-8H,9-10H2,1-2H3,(H,20,22). The van der Waals surface area contributed by atoms with Crippen LogP contribution in [0.5, 0.6) is 5.75 Å². The Morgan fingerprint density at radius 3 is 2.83 bits per heavy atom. The Bertz CT molecular complexity index is 820. The smallest absolute Gasteiger partial charge is 0.264 e. The van der Waals surface area contributed by atoms with E-state index < -0.39 is 0 Å². The van der Waals surface area contributed by atoms with E-state index in [0.29, 0.717) is 16.5 Å². The van der Waals surface area contributed by atoms with Gasteiger partial charge in [0.05, 0.1) is 12.1 Å². The molecule has 5 nitrogen and oxygen atoms in total. The van der Waals surface area contributed by atoms with Crippen molar-refractivity contribution in [2.24, 2.45) is 0 Å². The van der Waals surface area contributed by atoms with Crippen LogP contribution in [0.3, 0.4) is 0 Å². The fraction of sp³-hybridized carbons (Fsp3) is 0.222. The van der Waals surface area contributed by atoms with E-state index in [9.17, 15) is 9.59 Å². The Morgan fingerprint density at radius 1 is 1.29 bits per heavy atom. The van der Waals surface area contributed by atoms with Crippen molar-refractivity contribution in [3.8, 4) is 5.75 Å². The van der Waals surface area contributed by atoms with Crippen molar-refractivity contribution in [3.63, 3.8) is 0 Å². The molecule has 1 aliphatic heterocycles. The van der Waals surface area contributed by atoms with E-state index in [1.165, 1.54) is 0 Å². The molecule has 0 radical (unpaired) electrons. The van der Waals surface area contributed by atoms with Crippen LogP contribution >= 0.6 is 11.6 Å². The molecule has 0 atom stereocenters. The Hall–Kier alpha value is -2.53. The Balaban J connectivity index is 1.74. The molecule has 1 aliphatic rings. The number of halogens is 1. The molecule has 0 fully saturated rings. The van der Waals surface area contributed by atoms with E-state index in [2.05, 4.69) is 5.32 Å². The van der Waals surface area contributed by atoms with Gasteiger partial charge in [-0.15, -0.1) is 0 Å². The van der Waals surface area contributed by atoms with Crippen molar-refractivity contribution in [2.75, 3.05) is 23.9 Å². The number of amides is 2. The normalized spacial score (nSPS) is 13.3. The average Bonchev–Trinajstić information content (AvgIpc) is 2.54.